The highest BCUT2D eigenvalue weighted by molar-refractivity contribution is 7.80. The number of nitrogens with two attached hydrogens (primary N) is 1. The van der Waals surface area contributed by atoms with Crippen molar-refractivity contribution >= 4 is 30.5 Å². The van der Waals surface area contributed by atoms with Crippen LogP contribution in [0.15, 0.2) is 71.8 Å². The molecule has 6 rings (SSSR count). The van der Waals surface area contributed by atoms with Crippen LogP contribution in [0.3, 0.4) is 0 Å². The van der Waals surface area contributed by atoms with Crippen molar-refractivity contribution in [3.05, 3.63) is 83.9 Å². The van der Waals surface area contributed by atoms with E-state index in [2.05, 4.69) is 39.4 Å². The summed E-state index contributed by atoms with van der Waals surface area (Å²) in [6.07, 6.45) is 4.55. The van der Waals surface area contributed by atoms with Crippen molar-refractivity contribution in [3.8, 4) is 5.75 Å². The van der Waals surface area contributed by atoms with Crippen molar-refractivity contribution in [2.24, 2.45) is 5.73 Å². The zero-order valence-corrected chi connectivity index (χ0v) is 23.4. The van der Waals surface area contributed by atoms with Crippen LogP contribution < -0.4 is 10.6 Å². The number of benzene rings is 2. The van der Waals surface area contributed by atoms with Crippen molar-refractivity contribution in [2.75, 3.05) is 31.1 Å². The average molecular weight is 571 g/mol. The molecule has 1 amide bonds. The lowest BCUT2D eigenvalue weighted by Crippen LogP contribution is -2.21. The van der Waals surface area contributed by atoms with E-state index in [1.54, 1.807) is 28.9 Å². The number of aryl methyl sites for hydroxylation is 1. The number of aromatic nitrogens is 3. The highest BCUT2D eigenvalue weighted by Crippen LogP contribution is 2.20. The van der Waals surface area contributed by atoms with Crippen LogP contribution in [0.4, 0.5) is 14.6 Å². The number of halogens is 2. The third-order valence-electron chi connectivity index (χ3n) is 6.30. The third kappa shape index (κ3) is 9.80. The Morgan fingerprint density at radius 3 is 2.42 bits per heavy atom. The van der Waals surface area contributed by atoms with Crippen molar-refractivity contribution in [1.29, 1.82) is 0 Å². The Morgan fingerprint density at radius 1 is 1.10 bits per heavy atom. The zero-order chi connectivity index (χ0) is 28.9. The number of hydrogen-bond donors (Lipinski definition) is 3. The Morgan fingerprint density at radius 2 is 1.82 bits per heavy atom. The van der Waals surface area contributed by atoms with Gasteiger partial charge in [-0.2, -0.15) is 0 Å². The highest BCUT2D eigenvalue weighted by atomic mass is 32.1. The smallest absolute Gasteiger partial charge is 0.204 e. The second kappa shape index (κ2) is 15.8. The largest absolute Gasteiger partial charge is 0.508 e. The molecular weight excluding hydrogens is 534 g/mol. The molecule has 4 aromatic rings. The summed E-state index contributed by atoms with van der Waals surface area (Å²) in [4.78, 5) is 17.9. The number of rotatable bonds is 3. The molecule has 4 heterocycles. The van der Waals surface area contributed by atoms with Gasteiger partial charge in [-0.25, -0.2) is 18.3 Å². The van der Waals surface area contributed by atoms with Crippen molar-refractivity contribution in [2.45, 2.75) is 43.8 Å². The molecule has 0 spiro atoms. The molecule has 2 aliphatic rings. The number of carbonyl (C=O) groups excluding carboxylic acids is 1. The van der Waals surface area contributed by atoms with Crippen LogP contribution >= 0.6 is 12.6 Å². The normalized spacial score (nSPS) is 16.3. The first-order valence-corrected chi connectivity index (χ1v) is 13.5. The number of alkyl halides is 1. The number of imidazole rings is 1. The number of phenols is 1. The van der Waals surface area contributed by atoms with E-state index in [4.69, 9.17) is 4.79 Å². The molecule has 214 valence electrons. The number of likely N-dealkylation sites (tertiary alicyclic amines) is 1. The van der Waals surface area contributed by atoms with Gasteiger partial charge >= 0.3 is 0 Å². The number of thiol groups is 1. The van der Waals surface area contributed by atoms with Gasteiger partial charge in [0.05, 0.1) is 18.4 Å². The van der Waals surface area contributed by atoms with Gasteiger partial charge in [-0.3, -0.25) is 9.69 Å². The van der Waals surface area contributed by atoms with Gasteiger partial charge in [0, 0.05) is 18.0 Å². The lowest BCUT2D eigenvalue weighted by Gasteiger charge is -2.15. The van der Waals surface area contributed by atoms with E-state index in [0.717, 1.165) is 30.2 Å². The molecular formula is C29H36F2N6O2S. The third-order valence-corrected chi connectivity index (χ3v) is 6.58. The van der Waals surface area contributed by atoms with Crippen LogP contribution in [0, 0.1) is 12.7 Å². The molecule has 8 nitrogen and oxygen atoms in total. The molecule has 40 heavy (non-hydrogen) atoms. The molecule has 2 fully saturated rings. The summed E-state index contributed by atoms with van der Waals surface area (Å²) >= 11 is 3.91. The fraction of sp³-hybridized carbons (Fsp3) is 0.345. The quantitative estimate of drug-likeness (QED) is 0.242. The molecule has 0 radical (unpaired) electrons. The summed E-state index contributed by atoms with van der Waals surface area (Å²) in [6, 6.07) is 17.5. The van der Waals surface area contributed by atoms with E-state index in [1.807, 2.05) is 36.1 Å². The van der Waals surface area contributed by atoms with E-state index in [1.165, 1.54) is 43.6 Å². The standard InChI is InChI=1S/C11H13FN4.C11H15NO.C6H5FS.CH3NO/c1-8-6-13-10-2-3-11(14-16(8)10)15-5-4-9(12)7-15;13-11-5-3-4-10(8-11)9-12-6-1-2-7-12;7-5-2-1-3-6(8)4-5;2-1-3/h2-3,6,9H,4-5,7H2,1H3;3-5,8,13H,1-2,6-7,9H2;1-4,8H;1H,(H2,2,3). The first kappa shape index (κ1) is 30.8. The number of amides is 1. The number of primary amides is 1. The van der Waals surface area contributed by atoms with Crippen LogP contribution in [-0.4, -0.2) is 63.4 Å². The Hall–Kier alpha value is -3.70. The molecule has 2 aromatic carbocycles. The Bertz CT molecular complexity index is 1330. The second-order valence-electron chi connectivity index (χ2n) is 9.46. The van der Waals surface area contributed by atoms with Gasteiger partial charge in [-0.1, -0.05) is 18.2 Å². The van der Waals surface area contributed by atoms with Gasteiger partial charge in [-0.05, 0) is 87.3 Å². The molecule has 2 aliphatic heterocycles. The molecule has 2 saturated heterocycles. The van der Waals surface area contributed by atoms with E-state index >= 15 is 0 Å². The van der Waals surface area contributed by atoms with Gasteiger partial charge in [0.2, 0.25) is 6.41 Å². The van der Waals surface area contributed by atoms with Crippen LogP contribution in [0.2, 0.25) is 0 Å². The van der Waals surface area contributed by atoms with Crippen LogP contribution in [0.25, 0.3) is 5.65 Å². The number of carbonyl (C=O) groups is 1. The average Bonchev–Trinajstić information content (AvgIpc) is 3.68. The van der Waals surface area contributed by atoms with E-state index < -0.39 is 6.17 Å². The molecule has 0 saturated carbocycles. The molecule has 1 atom stereocenters. The van der Waals surface area contributed by atoms with Crippen molar-refractivity contribution < 1.29 is 18.7 Å². The lowest BCUT2D eigenvalue weighted by atomic mass is 10.2. The van der Waals surface area contributed by atoms with E-state index in [-0.39, 0.29) is 12.2 Å². The number of aromatic hydroxyl groups is 1. The summed E-state index contributed by atoms with van der Waals surface area (Å²) < 4.78 is 27.0. The minimum absolute atomic E-state index is 0.238. The lowest BCUT2D eigenvalue weighted by molar-refractivity contribution is -0.106. The zero-order valence-electron chi connectivity index (χ0n) is 22.5. The summed E-state index contributed by atoms with van der Waals surface area (Å²) in [7, 11) is 0. The predicted octanol–water partition coefficient (Wildman–Crippen LogP) is 4.79. The minimum atomic E-state index is -0.721. The van der Waals surface area contributed by atoms with Gasteiger partial charge in [0.1, 0.15) is 23.6 Å². The molecule has 1 unspecified atom stereocenters. The fourth-order valence-electron chi connectivity index (χ4n) is 4.40. The molecule has 2 aromatic heterocycles. The maximum Gasteiger partial charge on any atom is 0.204 e. The molecule has 11 heteroatoms. The molecule has 3 N–H and O–H groups in total. The number of phenolic OH excluding ortho intramolecular Hbond substituents is 1. The predicted molar refractivity (Wildman–Crippen MR) is 156 cm³/mol. The minimum Gasteiger partial charge on any atom is -0.508 e. The van der Waals surface area contributed by atoms with Crippen LogP contribution in [-0.2, 0) is 11.3 Å². The maximum atomic E-state index is 13.1. The van der Waals surface area contributed by atoms with Gasteiger partial charge in [0.15, 0.2) is 5.65 Å². The first-order valence-electron chi connectivity index (χ1n) is 13.1. The highest BCUT2D eigenvalue weighted by Gasteiger charge is 2.23. The van der Waals surface area contributed by atoms with Gasteiger partial charge in [0.25, 0.3) is 0 Å². The number of nitrogens with zero attached hydrogens (tertiary/aromatic N) is 5. The summed E-state index contributed by atoms with van der Waals surface area (Å²) in [5.74, 6) is 0.961. The summed E-state index contributed by atoms with van der Waals surface area (Å²) in [5, 5.41) is 13.7. The SMILES string of the molecule is Cc1cnc2ccc(N3CCC(F)C3)nn12.Fc1cccc(S)c1.NC=O.Oc1cccc(CN2CCCC2)c1. The Balaban J connectivity index is 0.000000165. The van der Waals surface area contributed by atoms with Gasteiger partial charge < -0.3 is 15.7 Å². The topological polar surface area (TPSA) is 100.0 Å². The number of anilines is 1. The fourth-order valence-corrected chi connectivity index (χ4v) is 4.61. The second-order valence-corrected chi connectivity index (χ2v) is 9.98. The van der Waals surface area contributed by atoms with E-state index in [0.29, 0.717) is 23.6 Å². The van der Waals surface area contributed by atoms with Crippen LogP contribution in [0.1, 0.15) is 30.5 Å². The Kier molecular flexibility index (Phi) is 12.2. The maximum absolute atomic E-state index is 13.1. The van der Waals surface area contributed by atoms with Crippen LogP contribution in [0.5, 0.6) is 5.75 Å². The van der Waals surface area contributed by atoms with Crippen molar-refractivity contribution in [1.82, 2.24) is 19.5 Å². The first-order chi connectivity index (χ1) is 19.3. The number of fused-ring (bicyclic) bond motifs is 1. The monoisotopic (exact) mass is 570 g/mol. The Labute approximate surface area is 238 Å². The molecule has 0 aliphatic carbocycles. The summed E-state index contributed by atoms with van der Waals surface area (Å²) in [6.45, 7) is 6.54. The summed E-state index contributed by atoms with van der Waals surface area (Å²) in [5.41, 5.74) is 7.20. The van der Waals surface area contributed by atoms with Crippen molar-refractivity contribution in [3.63, 3.8) is 0 Å². The van der Waals surface area contributed by atoms with Gasteiger partial charge in [-0.15, -0.1) is 17.7 Å². The molecule has 0 bridgehead atoms. The number of hydrogen-bond acceptors (Lipinski definition) is 7. The van der Waals surface area contributed by atoms with E-state index in [9.17, 15) is 13.9 Å².